The van der Waals surface area contributed by atoms with Gasteiger partial charge < -0.3 is 4.52 Å². The molecule has 27 heavy (non-hydrogen) atoms. The molecular formula is C18H18N4O2S3. The van der Waals surface area contributed by atoms with Gasteiger partial charge in [-0.3, -0.25) is 9.36 Å². The SMILES string of the molecule is CCCCc1noc(CSc2nc3scc(-c4cccs4)c3c(=O)n2C)n1. The standard InChI is InChI=1S/C18H18N4O2S3/c1-3-4-7-13-19-14(24-21-13)10-27-18-20-16-15(17(23)22(18)2)11(9-26-16)12-6-5-8-25-12/h5-6,8-9H,3-4,7,10H2,1-2H3. The van der Waals surface area contributed by atoms with Crippen molar-refractivity contribution in [3.63, 3.8) is 0 Å². The van der Waals surface area contributed by atoms with Crippen LogP contribution in [0.4, 0.5) is 0 Å². The largest absolute Gasteiger partial charge is 0.338 e. The fraction of sp³-hybridized carbons (Fsp3) is 0.333. The smallest absolute Gasteiger partial charge is 0.263 e. The summed E-state index contributed by atoms with van der Waals surface area (Å²) in [6, 6.07) is 4.02. The van der Waals surface area contributed by atoms with Crippen molar-refractivity contribution in [3.05, 3.63) is 45.0 Å². The zero-order chi connectivity index (χ0) is 18.8. The van der Waals surface area contributed by atoms with Crippen LogP contribution < -0.4 is 5.56 Å². The summed E-state index contributed by atoms with van der Waals surface area (Å²) in [4.78, 5) is 23.9. The molecule has 0 saturated carbocycles. The highest BCUT2D eigenvalue weighted by Crippen LogP contribution is 2.34. The van der Waals surface area contributed by atoms with Gasteiger partial charge in [-0.1, -0.05) is 36.3 Å². The molecule has 4 aromatic heterocycles. The molecule has 4 rings (SSSR count). The van der Waals surface area contributed by atoms with Gasteiger partial charge >= 0.3 is 0 Å². The second-order valence-electron chi connectivity index (χ2n) is 6.06. The number of nitrogens with zero attached hydrogens (tertiary/aromatic N) is 4. The fourth-order valence-corrected chi connectivity index (χ4v) is 5.32. The monoisotopic (exact) mass is 418 g/mol. The average molecular weight is 419 g/mol. The van der Waals surface area contributed by atoms with Crippen molar-refractivity contribution >= 4 is 44.7 Å². The topological polar surface area (TPSA) is 73.8 Å². The molecule has 0 fully saturated rings. The normalized spacial score (nSPS) is 11.5. The molecule has 0 amide bonds. The van der Waals surface area contributed by atoms with Gasteiger partial charge in [0, 0.05) is 29.3 Å². The lowest BCUT2D eigenvalue weighted by Gasteiger charge is -2.06. The van der Waals surface area contributed by atoms with E-state index in [2.05, 4.69) is 17.1 Å². The van der Waals surface area contributed by atoms with Crippen molar-refractivity contribution in [2.24, 2.45) is 7.05 Å². The third kappa shape index (κ3) is 3.71. The predicted molar refractivity (Wildman–Crippen MR) is 111 cm³/mol. The van der Waals surface area contributed by atoms with Crippen LogP contribution in [-0.2, 0) is 19.2 Å². The number of hydrogen-bond donors (Lipinski definition) is 0. The second-order valence-corrected chi connectivity index (χ2v) is 8.81. The van der Waals surface area contributed by atoms with Crippen LogP contribution in [0.5, 0.6) is 0 Å². The van der Waals surface area contributed by atoms with Gasteiger partial charge in [-0.05, 0) is 17.9 Å². The van der Waals surface area contributed by atoms with Gasteiger partial charge in [0.15, 0.2) is 11.0 Å². The van der Waals surface area contributed by atoms with Crippen LogP contribution in [0, 0.1) is 0 Å². The molecule has 0 N–H and O–H groups in total. The number of fused-ring (bicyclic) bond motifs is 1. The number of rotatable bonds is 7. The fourth-order valence-electron chi connectivity index (χ4n) is 2.71. The summed E-state index contributed by atoms with van der Waals surface area (Å²) in [6.45, 7) is 2.13. The summed E-state index contributed by atoms with van der Waals surface area (Å²) in [6.07, 6.45) is 2.97. The first-order valence-corrected chi connectivity index (χ1v) is 11.4. The molecule has 4 aromatic rings. The molecule has 0 bridgehead atoms. The molecule has 0 aliphatic heterocycles. The van der Waals surface area contributed by atoms with E-state index >= 15 is 0 Å². The first-order chi connectivity index (χ1) is 13.2. The number of aromatic nitrogens is 4. The number of unbranched alkanes of at least 4 members (excludes halogenated alkanes) is 1. The van der Waals surface area contributed by atoms with Gasteiger partial charge in [-0.15, -0.1) is 22.7 Å². The molecule has 9 heteroatoms. The van der Waals surface area contributed by atoms with Crippen molar-refractivity contribution in [1.29, 1.82) is 0 Å². The van der Waals surface area contributed by atoms with Crippen molar-refractivity contribution in [2.75, 3.05) is 0 Å². The highest BCUT2D eigenvalue weighted by Gasteiger charge is 2.17. The minimum absolute atomic E-state index is 0.0266. The summed E-state index contributed by atoms with van der Waals surface area (Å²) >= 11 is 4.57. The number of hydrogen-bond acceptors (Lipinski definition) is 8. The van der Waals surface area contributed by atoms with Gasteiger partial charge in [-0.25, -0.2) is 4.98 Å². The van der Waals surface area contributed by atoms with Crippen LogP contribution in [0.3, 0.4) is 0 Å². The van der Waals surface area contributed by atoms with Crippen LogP contribution in [0.1, 0.15) is 31.5 Å². The van der Waals surface area contributed by atoms with Crippen LogP contribution >= 0.6 is 34.4 Å². The maximum absolute atomic E-state index is 12.9. The molecule has 140 valence electrons. The molecule has 0 aliphatic rings. The van der Waals surface area contributed by atoms with E-state index in [0.29, 0.717) is 22.2 Å². The molecule has 0 aromatic carbocycles. The van der Waals surface area contributed by atoms with E-state index in [-0.39, 0.29) is 5.56 Å². The predicted octanol–water partition coefficient (Wildman–Crippen LogP) is 4.74. The van der Waals surface area contributed by atoms with E-state index in [0.717, 1.165) is 40.4 Å². The summed E-state index contributed by atoms with van der Waals surface area (Å²) in [5.74, 6) is 1.79. The van der Waals surface area contributed by atoms with Crippen molar-refractivity contribution in [2.45, 2.75) is 37.1 Å². The second kappa shape index (κ2) is 7.95. The number of thiophene rings is 2. The quantitative estimate of drug-likeness (QED) is 0.319. The Labute approximate surface area is 168 Å². The Morgan fingerprint density at radius 3 is 2.96 bits per heavy atom. The molecule has 0 saturated heterocycles. The van der Waals surface area contributed by atoms with Crippen LogP contribution in [0.25, 0.3) is 20.7 Å². The van der Waals surface area contributed by atoms with E-state index in [1.807, 2.05) is 22.9 Å². The minimum Gasteiger partial charge on any atom is -0.338 e. The van der Waals surface area contributed by atoms with Gasteiger partial charge in [0.05, 0.1) is 11.1 Å². The van der Waals surface area contributed by atoms with E-state index in [9.17, 15) is 4.79 Å². The first-order valence-electron chi connectivity index (χ1n) is 8.63. The van der Waals surface area contributed by atoms with Gasteiger partial charge in [-0.2, -0.15) is 4.98 Å². The molecule has 4 heterocycles. The Kier molecular flexibility index (Phi) is 5.42. The zero-order valence-corrected chi connectivity index (χ0v) is 17.4. The number of thioether (sulfide) groups is 1. The van der Waals surface area contributed by atoms with E-state index in [1.54, 1.807) is 23.0 Å². The Morgan fingerprint density at radius 2 is 2.19 bits per heavy atom. The zero-order valence-electron chi connectivity index (χ0n) is 15.0. The average Bonchev–Trinajstić information content (AvgIpc) is 3.42. The summed E-state index contributed by atoms with van der Waals surface area (Å²) < 4.78 is 6.90. The van der Waals surface area contributed by atoms with Crippen LogP contribution in [0.15, 0.2) is 37.4 Å². The van der Waals surface area contributed by atoms with Gasteiger partial charge in [0.25, 0.3) is 5.56 Å². The van der Waals surface area contributed by atoms with Crippen molar-refractivity contribution in [3.8, 4) is 10.4 Å². The Bertz CT molecular complexity index is 1110. The Balaban J connectivity index is 1.59. The van der Waals surface area contributed by atoms with Gasteiger partial charge in [0.2, 0.25) is 5.89 Å². The maximum atomic E-state index is 12.9. The van der Waals surface area contributed by atoms with E-state index in [1.165, 1.54) is 23.1 Å². The number of aryl methyl sites for hydroxylation is 1. The minimum atomic E-state index is -0.0266. The lowest BCUT2D eigenvalue weighted by Crippen LogP contribution is -2.19. The third-order valence-corrected chi connectivity index (χ3v) is 6.94. The van der Waals surface area contributed by atoms with Crippen molar-refractivity contribution in [1.82, 2.24) is 19.7 Å². The van der Waals surface area contributed by atoms with E-state index in [4.69, 9.17) is 9.51 Å². The third-order valence-electron chi connectivity index (χ3n) is 4.15. The highest BCUT2D eigenvalue weighted by atomic mass is 32.2. The summed E-state index contributed by atoms with van der Waals surface area (Å²) in [5, 5.41) is 9.37. The lowest BCUT2D eigenvalue weighted by atomic mass is 10.2. The van der Waals surface area contributed by atoms with Crippen LogP contribution in [0.2, 0.25) is 0 Å². The molecule has 0 atom stereocenters. The van der Waals surface area contributed by atoms with Crippen molar-refractivity contribution < 1.29 is 4.52 Å². The van der Waals surface area contributed by atoms with Gasteiger partial charge in [0.1, 0.15) is 4.83 Å². The van der Waals surface area contributed by atoms with Crippen LogP contribution in [-0.4, -0.2) is 19.7 Å². The summed E-state index contributed by atoms with van der Waals surface area (Å²) in [5.41, 5.74) is 0.938. The lowest BCUT2D eigenvalue weighted by molar-refractivity contribution is 0.384. The summed E-state index contributed by atoms with van der Waals surface area (Å²) in [7, 11) is 1.76. The highest BCUT2D eigenvalue weighted by molar-refractivity contribution is 7.98. The molecular weight excluding hydrogens is 400 g/mol. The molecule has 0 aliphatic carbocycles. The van der Waals surface area contributed by atoms with E-state index < -0.39 is 0 Å². The Morgan fingerprint density at radius 1 is 1.30 bits per heavy atom. The molecule has 0 spiro atoms. The molecule has 6 nitrogen and oxygen atoms in total. The molecule has 0 unspecified atom stereocenters. The maximum Gasteiger partial charge on any atom is 0.263 e. The Hall–Kier alpha value is -1.97. The molecule has 0 radical (unpaired) electrons. The first kappa shape index (κ1) is 18.4.